The summed E-state index contributed by atoms with van der Waals surface area (Å²) in [6, 6.07) is 21.8. The second-order valence-electron chi connectivity index (χ2n) is 6.13. The molecule has 0 spiro atoms. The largest absolute Gasteiger partial charge is 0.482 e. The zero-order chi connectivity index (χ0) is 22.1. The summed E-state index contributed by atoms with van der Waals surface area (Å²) in [6.07, 6.45) is 1.40. The SMILES string of the molecule is N#Cc1ccccc1OCC(=O)N/N=C/c1cccc(OC(=O)c2ccccc2Cl)c1. The van der Waals surface area contributed by atoms with Crippen molar-refractivity contribution < 1.29 is 19.1 Å². The number of ether oxygens (including phenoxy) is 2. The molecule has 1 N–H and O–H groups in total. The monoisotopic (exact) mass is 433 g/mol. The molecule has 0 saturated heterocycles. The lowest BCUT2D eigenvalue weighted by atomic mass is 10.2. The van der Waals surface area contributed by atoms with Crippen molar-refractivity contribution in [1.29, 1.82) is 5.26 Å². The van der Waals surface area contributed by atoms with Crippen molar-refractivity contribution in [3.63, 3.8) is 0 Å². The number of carbonyl (C=O) groups excluding carboxylic acids is 2. The Kier molecular flexibility index (Phi) is 7.35. The van der Waals surface area contributed by atoms with Gasteiger partial charge in [0.15, 0.2) is 6.61 Å². The number of carbonyl (C=O) groups is 2. The third-order valence-electron chi connectivity index (χ3n) is 3.93. The number of para-hydroxylation sites is 1. The van der Waals surface area contributed by atoms with E-state index in [9.17, 15) is 9.59 Å². The Morgan fingerprint density at radius 2 is 1.84 bits per heavy atom. The van der Waals surface area contributed by atoms with E-state index in [1.165, 1.54) is 6.21 Å². The van der Waals surface area contributed by atoms with Crippen LogP contribution in [0.3, 0.4) is 0 Å². The Morgan fingerprint density at radius 1 is 1.06 bits per heavy atom. The molecule has 7 nitrogen and oxygen atoms in total. The van der Waals surface area contributed by atoms with E-state index in [1.54, 1.807) is 72.8 Å². The van der Waals surface area contributed by atoms with Crippen LogP contribution in [0.25, 0.3) is 0 Å². The van der Waals surface area contributed by atoms with Crippen molar-refractivity contribution in [3.05, 3.63) is 94.5 Å². The van der Waals surface area contributed by atoms with Crippen LogP contribution in [-0.2, 0) is 4.79 Å². The van der Waals surface area contributed by atoms with Crippen LogP contribution in [0.2, 0.25) is 5.02 Å². The van der Waals surface area contributed by atoms with Gasteiger partial charge < -0.3 is 9.47 Å². The summed E-state index contributed by atoms with van der Waals surface area (Å²) in [5.74, 6) is -0.457. The average molecular weight is 434 g/mol. The Hall–Kier alpha value is -4.15. The summed E-state index contributed by atoms with van der Waals surface area (Å²) >= 11 is 6.01. The van der Waals surface area contributed by atoms with E-state index in [0.717, 1.165) is 0 Å². The van der Waals surface area contributed by atoms with Crippen molar-refractivity contribution in [1.82, 2.24) is 5.43 Å². The average Bonchev–Trinajstić information content (AvgIpc) is 2.78. The standard InChI is InChI=1S/C23H16ClN3O4/c24-20-10-3-2-9-19(20)23(29)31-18-8-5-6-16(12-18)14-26-27-22(28)15-30-21-11-4-1-7-17(21)13-25/h1-12,14H,15H2,(H,27,28)/b26-14+. The number of nitrogens with one attached hydrogen (secondary N) is 1. The highest BCUT2D eigenvalue weighted by Gasteiger charge is 2.12. The van der Waals surface area contributed by atoms with Crippen LogP contribution in [0.4, 0.5) is 0 Å². The molecule has 0 heterocycles. The van der Waals surface area contributed by atoms with Crippen LogP contribution in [-0.4, -0.2) is 24.7 Å². The van der Waals surface area contributed by atoms with Crippen LogP contribution in [0.5, 0.6) is 11.5 Å². The van der Waals surface area contributed by atoms with Gasteiger partial charge in [-0.2, -0.15) is 10.4 Å². The molecular formula is C23H16ClN3O4. The number of nitrogens with zero attached hydrogens (tertiary/aromatic N) is 2. The van der Waals surface area contributed by atoms with E-state index in [1.807, 2.05) is 6.07 Å². The maximum absolute atomic E-state index is 12.3. The summed E-state index contributed by atoms with van der Waals surface area (Å²) in [5, 5.41) is 13.2. The Morgan fingerprint density at radius 3 is 2.65 bits per heavy atom. The van der Waals surface area contributed by atoms with Gasteiger partial charge in [-0.15, -0.1) is 0 Å². The highest BCUT2D eigenvalue weighted by Crippen LogP contribution is 2.19. The van der Waals surface area contributed by atoms with Crippen molar-refractivity contribution in [2.45, 2.75) is 0 Å². The summed E-state index contributed by atoms with van der Waals surface area (Å²) in [4.78, 5) is 24.1. The van der Waals surface area contributed by atoms with Crippen molar-refractivity contribution >= 4 is 29.7 Å². The molecule has 3 aromatic rings. The third kappa shape index (κ3) is 6.16. The normalized spacial score (nSPS) is 10.3. The molecule has 154 valence electrons. The molecule has 8 heteroatoms. The van der Waals surface area contributed by atoms with E-state index in [0.29, 0.717) is 27.6 Å². The molecule has 0 aliphatic rings. The first kappa shape index (κ1) is 21.6. The smallest absolute Gasteiger partial charge is 0.345 e. The third-order valence-corrected chi connectivity index (χ3v) is 4.26. The van der Waals surface area contributed by atoms with Crippen LogP contribution < -0.4 is 14.9 Å². The minimum absolute atomic E-state index is 0.258. The van der Waals surface area contributed by atoms with Gasteiger partial charge in [-0.25, -0.2) is 10.2 Å². The molecule has 0 saturated carbocycles. The fourth-order valence-electron chi connectivity index (χ4n) is 2.49. The van der Waals surface area contributed by atoms with E-state index in [4.69, 9.17) is 26.3 Å². The number of hydrogen-bond acceptors (Lipinski definition) is 6. The highest BCUT2D eigenvalue weighted by molar-refractivity contribution is 6.33. The minimum atomic E-state index is -0.581. The van der Waals surface area contributed by atoms with Gasteiger partial charge in [0.05, 0.1) is 22.4 Å². The van der Waals surface area contributed by atoms with Crippen LogP contribution in [0, 0.1) is 11.3 Å². The van der Waals surface area contributed by atoms with Crippen LogP contribution >= 0.6 is 11.6 Å². The zero-order valence-electron chi connectivity index (χ0n) is 16.1. The first-order valence-corrected chi connectivity index (χ1v) is 9.45. The second-order valence-corrected chi connectivity index (χ2v) is 6.54. The minimum Gasteiger partial charge on any atom is -0.482 e. The zero-order valence-corrected chi connectivity index (χ0v) is 16.9. The number of benzene rings is 3. The van der Waals surface area contributed by atoms with Gasteiger partial charge in [-0.3, -0.25) is 4.79 Å². The van der Waals surface area contributed by atoms with E-state index in [2.05, 4.69) is 10.5 Å². The molecule has 0 fully saturated rings. The summed E-state index contributed by atoms with van der Waals surface area (Å²) in [6.45, 7) is -0.300. The van der Waals surface area contributed by atoms with Gasteiger partial charge in [-0.05, 0) is 42.0 Å². The molecule has 1 amide bonds. The fraction of sp³-hybridized carbons (Fsp3) is 0.0435. The Labute approximate surface area is 183 Å². The first-order chi connectivity index (χ1) is 15.1. The second kappa shape index (κ2) is 10.6. The molecule has 0 bridgehead atoms. The van der Waals surface area contributed by atoms with Gasteiger partial charge in [0.25, 0.3) is 5.91 Å². The number of amides is 1. The predicted octanol–water partition coefficient (Wildman–Crippen LogP) is 3.96. The van der Waals surface area contributed by atoms with Crippen LogP contribution in [0.15, 0.2) is 77.9 Å². The van der Waals surface area contributed by atoms with Gasteiger partial charge in [0, 0.05) is 0 Å². The molecule has 0 aromatic heterocycles. The summed E-state index contributed by atoms with van der Waals surface area (Å²) in [5.41, 5.74) is 3.52. The summed E-state index contributed by atoms with van der Waals surface area (Å²) < 4.78 is 10.7. The quantitative estimate of drug-likeness (QED) is 0.263. The molecule has 0 atom stereocenters. The lowest BCUT2D eigenvalue weighted by Gasteiger charge is -2.07. The lowest BCUT2D eigenvalue weighted by molar-refractivity contribution is -0.123. The Bertz CT molecular complexity index is 1170. The maximum atomic E-state index is 12.3. The van der Waals surface area contributed by atoms with Gasteiger partial charge >= 0.3 is 5.97 Å². The molecule has 0 radical (unpaired) electrons. The molecule has 3 rings (SSSR count). The van der Waals surface area contributed by atoms with Crippen molar-refractivity contribution in [3.8, 4) is 17.6 Å². The molecule has 3 aromatic carbocycles. The van der Waals surface area contributed by atoms with E-state index >= 15 is 0 Å². The van der Waals surface area contributed by atoms with E-state index < -0.39 is 11.9 Å². The van der Waals surface area contributed by atoms with Crippen LogP contribution in [0.1, 0.15) is 21.5 Å². The number of hydrazone groups is 1. The topological polar surface area (TPSA) is 101 Å². The van der Waals surface area contributed by atoms with Gasteiger partial charge in [0.1, 0.15) is 17.6 Å². The number of esters is 1. The molecule has 31 heavy (non-hydrogen) atoms. The Balaban J connectivity index is 1.54. The number of nitriles is 1. The van der Waals surface area contributed by atoms with Crippen molar-refractivity contribution in [2.24, 2.45) is 5.10 Å². The first-order valence-electron chi connectivity index (χ1n) is 9.07. The lowest BCUT2D eigenvalue weighted by Crippen LogP contribution is -2.24. The predicted molar refractivity (Wildman–Crippen MR) is 115 cm³/mol. The highest BCUT2D eigenvalue weighted by atomic mass is 35.5. The molecule has 0 unspecified atom stereocenters. The van der Waals surface area contributed by atoms with Gasteiger partial charge in [0.2, 0.25) is 0 Å². The number of hydrogen-bond donors (Lipinski definition) is 1. The fourth-order valence-corrected chi connectivity index (χ4v) is 2.70. The molecule has 0 aliphatic carbocycles. The number of halogens is 1. The maximum Gasteiger partial charge on any atom is 0.345 e. The summed E-state index contributed by atoms with van der Waals surface area (Å²) in [7, 11) is 0. The molecular weight excluding hydrogens is 418 g/mol. The number of rotatable bonds is 7. The van der Waals surface area contributed by atoms with Gasteiger partial charge in [-0.1, -0.05) is 48.0 Å². The van der Waals surface area contributed by atoms with Crippen molar-refractivity contribution in [2.75, 3.05) is 6.61 Å². The van der Waals surface area contributed by atoms with E-state index in [-0.39, 0.29) is 12.2 Å². The molecule has 0 aliphatic heterocycles.